The van der Waals surface area contributed by atoms with Crippen LogP contribution < -0.4 is 0 Å². The van der Waals surface area contributed by atoms with Crippen molar-refractivity contribution >= 4 is 8.46 Å². The number of ether oxygens (including phenoxy) is 2. The quantitative estimate of drug-likeness (QED) is 0.578. The molecule has 0 saturated carbocycles. The molecule has 0 aliphatic heterocycles. The van der Waals surface area contributed by atoms with Crippen molar-refractivity contribution in [2.75, 3.05) is 0 Å². The lowest BCUT2D eigenvalue weighted by Crippen LogP contribution is -2.33. The average Bonchev–Trinajstić information content (AvgIpc) is 2.28. The average molecular weight is 256 g/mol. The van der Waals surface area contributed by atoms with E-state index in [1.165, 1.54) is 12.4 Å². The molecule has 0 fully saturated rings. The van der Waals surface area contributed by atoms with E-state index in [0.717, 1.165) is 0 Å². The second-order valence-corrected chi connectivity index (χ2v) is 4.87. The molecular weight excluding hydrogens is 239 g/mol. The first-order valence-corrected chi connectivity index (χ1v) is 6.28. The van der Waals surface area contributed by atoms with Crippen molar-refractivity contribution in [3.63, 3.8) is 0 Å². The van der Waals surface area contributed by atoms with Crippen LogP contribution in [0.4, 0.5) is 0 Å². The first-order chi connectivity index (χ1) is 8.00. The van der Waals surface area contributed by atoms with Gasteiger partial charge in [0.05, 0.1) is 18.4 Å². The lowest BCUT2D eigenvalue weighted by molar-refractivity contribution is -0.221. The topological polar surface area (TPSA) is 61.3 Å². The molecule has 0 aromatic carbocycles. The molecule has 1 rings (SSSR count). The smallest absolute Gasteiger partial charge is 0.298 e. The molecule has 6 heteroatoms. The van der Waals surface area contributed by atoms with E-state index in [0.29, 0.717) is 5.69 Å². The summed E-state index contributed by atoms with van der Waals surface area (Å²) in [6, 6.07) is 0. The highest BCUT2D eigenvalue weighted by Gasteiger charge is 2.40. The van der Waals surface area contributed by atoms with Gasteiger partial charge in [0.25, 0.3) is 5.53 Å². The maximum absolute atomic E-state index is 11.5. The van der Waals surface area contributed by atoms with Gasteiger partial charge >= 0.3 is 0 Å². The van der Waals surface area contributed by atoms with Crippen molar-refractivity contribution in [2.45, 2.75) is 45.4 Å². The maximum atomic E-state index is 11.5. The van der Waals surface area contributed by atoms with E-state index in [-0.39, 0.29) is 20.7 Å². The third-order valence-electron chi connectivity index (χ3n) is 1.80. The van der Waals surface area contributed by atoms with E-state index in [2.05, 4.69) is 9.97 Å². The van der Waals surface area contributed by atoms with Crippen molar-refractivity contribution in [1.82, 2.24) is 9.97 Å². The predicted molar refractivity (Wildman–Crippen MR) is 63.8 cm³/mol. The Morgan fingerprint density at radius 3 is 2.12 bits per heavy atom. The van der Waals surface area contributed by atoms with Crippen LogP contribution in [0.3, 0.4) is 0 Å². The van der Waals surface area contributed by atoms with E-state index in [4.69, 9.17) is 9.47 Å². The molecule has 1 aromatic heterocycles. The summed E-state index contributed by atoms with van der Waals surface area (Å²) in [6.07, 6.45) is 4.27. The van der Waals surface area contributed by atoms with E-state index in [9.17, 15) is 4.57 Å². The summed E-state index contributed by atoms with van der Waals surface area (Å²) in [5, 5.41) is 0. The number of rotatable bonds is 6. The molecule has 0 aliphatic carbocycles. The van der Waals surface area contributed by atoms with Crippen molar-refractivity contribution in [3.8, 4) is 0 Å². The first kappa shape index (κ1) is 14.2. The fourth-order valence-electron chi connectivity index (χ4n) is 1.34. The van der Waals surface area contributed by atoms with Gasteiger partial charge in [-0.25, -0.2) is 0 Å². The number of hydrogen-bond donors (Lipinski definition) is 0. The molecule has 0 atom stereocenters. The largest absolute Gasteiger partial charge is 0.333 e. The molecule has 0 amide bonds. The van der Waals surface area contributed by atoms with Gasteiger partial charge in [0.15, 0.2) is 0 Å². The van der Waals surface area contributed by atoms with Crippen LogP contribution in [0.25, 0.3) is 0 Å². The summed E-state index contributed by atoms with van der Waals surface area (Å²) in [6.45, 7) is 7.39. The molecule has 0 aliphatic rings. The molecule has 1 heterocycles. The van der Waals surface area contributed by atoms with Gasteiger partial charge in [-0.05, 0) is 27.7 Å². The Bertz CT molecular complexity index is 347. The standard InChI is InChI=1S/C11H17N2O3P/c1-8(2)15-11(17-14,16-9(3)4)10-7-12-5-6-13-10/h5-9H,1-4H3. The minimum absolute atomic E-state index is 0.141. The molecule has 0 spiro atoms. The molecule has 1 aromatic rings. The zero-order chi connectivity index (χ0) is 12.9. The highest BCUT2D eigenvalue weighted by Crippen LogP contribution is 2.38. The lowest BCUT2D eigenvalue weighted by atomic mass is 10.4. The van der Waals surface area contributed by atoms with Crippen molar-refractivity contribution in [3.05, 3.63) is 24.3 Å². The van der Waals surface area contributed by atoms with Gasteiger partial charge in [-0.1, -0.05) is 0 Å². The van der Waals surface area contributed by atoms with Gasteiger partial charge in [0, 0.05) is 12.4 Å². The fraction of sp³-hybridized carbons (Fsp3) is 0.636. The molecule has 5 nitrogen and oxygen atoms in total. The molecule has 0 saturated heterocycles. The molecule has 0 bridgehead atoms. The zero-order valence-electron chi connectivity index (χ0n) is 10.5. The Morgan fingerprint density at radius 1 is 1.18 bits per heavy atom. The molecular formula is C11H17N2O3P. The minimum Gasteiger partial charge on any atom is -0.333 e. The third kappa shape index (κ3) is 3.80. The number of nitrogens with zero attached hydrogens (tertiary/aromatic N) is 2. The fourth-order valence-corrected chi connectivity index (χ4v) is 2.06. The van der Waals surface area contributed by atoms with Crippen LogP contribution in [-0.2, 0) is 19.6 Å². The monoisotopic (exact) mass is 256 g/mol. The Labute approximate surface area is 103 Å². The second-order valence-electron chi connectivity index (χ2n) is 4.10. The van der Waals surface area contributed by atoms with Crippen molar-refractivity contribution in [1.29, 1.82) is 0 Å². The van der Waals surface area contributed by atoms with E-state index in [1.807, 2.05) is 27.7 Å². The molecule has 0 radical (unpaired) electrons. The predicted octanol–water partition coefficient (Wildman–Crippen LogP) is 2.73. The van der Waals surface area contributed by atoms with Crippen molar-refractivity contribution in [2.24, 2.45) is 0 Å². The van der Waals surface area contributed by atoms with Crippen LogP contribution in [0.2, 0.25) is 0 Å². The maximum Gasteiger partial charge on any atom is 0.298 e. The lowest BCUT2D eigenvalue weighted by Gasteiger charge is -2.30. The van der Waals surface area contributed by atoms with Crippen molar-refractivity contribution < 1.29 is 14.0 Å². The Balaban J connectivity index is 3.11. The molecule has 17 heavy (non-hydrogen) atoms. The normalized spacial score (nSPS) is 12.6. The van der Waals surface area contributed by atoms with Gasteiger partial charge in [0.2, 0.25) is 8.46 Å². The summed E-state index contributed by atoms with van der Waals surface area (Å²) in [5.74, 6) is 0. The zero-order valence-corrected chi connectivity index (χ0v) is 11.3. The van der Waals surface area contributed by atoms with Crippen LogP contribution in [0.5, 0.6) is 0 Å². The second kappa shape index (κ2) is 6.15. The molecule has 0 unspecified atom stereocenters. The first-order valence-electron chi connectivity index (χ1n) is 5.47. The van der Waals surface area contributed by atoms with Gasteiger partial charge in [-0.15, -0.1) is 0 Å². The number of hydrogen-bond acceptors (Lipinski definition) is 5. The molecule has 0 N–H and O–H groups in total. The van der Waals surface area contributed by atoms with Crippen LogP contribution in [0, 0.1) is 0 Å². The van der Waals surface area contributed by atoms with Gasteiger partial charge < -0.3 is 9.47 Å². The summed E-state index contributed by atoms with van der Waals surface area (Å²) in [7, 11) is -0.292. The van der Waals surface area contributed by atoms with Gasteiger partial charge in [-0.3, -0.25) is 14.5 Å². The van der Waals surface area contributed by atoms with Gasteiger partial charge in [0.1, 0.15) is 5.69 Å². The number of aromatic nitrogens is 2. The Kier molecular flexibility index (Phi) is 5.12. The van der Waals surface area contributed by atoms with Crippen LogP contribution in [0.1, 0.15) is 33.4 Å². The van der Waals surface area contributed by atoms with E-state index >= 15 is 0 Å². The summed E-state index contributed by atoms with van der Waals surface area (Å²) in [5.41, 5.74) is -0.976. The highest BCUT2D eigenvalue weighted by molar-refractivity contribution is 7.24. The van der Waals surface area contributed by atoms with Gasteiger partial charge in [-0.2, -0.15) is 0 Å². The van der Waals surface area contributed by atoms with Crippen LogP contribution in [0.15, 0.2) is 18.6 Å². The SMILES string of the molecule is CC(C)OC(OC(C)C)(P=O)c1cnccn1. The summed E-state index contributed by atoms with van der Waals surface area (Å²) in [4.78, 5) is 8.06. The van der Waals surface area contributed by atoms with Crippen LogP contribution >= 0.6 is 8.46 Å². The Morgan fingerprint density at radius 2 is 1.76 bits per heavy atom. The Hall–Kier alpha value is -0.900. The van der Waals surface area contributed by atoms with E-state index < -0.39 is 5.53 Å². The summed E-state index contributed by atoms with van der Waals surface area (Å²) >= 11 is 0. The summed E-state index contributed by atoms with van der Waals surface area (Å²) < 4.78 is 22.7. The van der Waals surface area contributed by atoms with E-state index in [1.54, 1.807) is 6.20 Å². The molecule has 94 valence electrons. The third-order valence-corrected chi connectivity index (χ3v) is 2.48. The highest BCUT2D eigenvalue weighted by atomic mass is 31.1. The van der Waals surface area contributed by atoms with Crippen LogP contribution in [-0.4, -0.2) is 22.2 Å². The minimum atomic E-state index is -1.38.